The molecule has 0 aromatic carbocycles. The zero-order valence-electron chi connectivity index (χ0n) is 18.2. The fourth-order valence-electron chi connectivity index (χ4n) is 3.08. The zero-order chi connectivity index (χ0) is 21.4. The molecule has 156 valence electrons. The van der Waals surface area contributed by atoms with Gasteiger partial charge < -0.3 is 19.8 Å². The number of carbonyl (C=O) groups excluding carboxylic acids is 1. The first-order valence-electron chi connectivity index (χ1n) is 9.77. The molecule has 0 aromatic heterocycles. The van der Waals surface area contributed by atoms with E-state index < -0.39 is 23.4 Å². The largest absolute Gasteiger partial charge is 0.444 e. The van der Waals surface area contributed by atoms with Crippen LogP contribution in [0.5, 0.6) is 0 Å². The molecule has 0 aliphatic carbocycles. The predicted molar refractivity (Wildman–Crippen MR) is 112 cm³/mol. The first-order chi connectivity index (χ1) is 12.4. The number of hydrogen-bond acceptors (Lipinski definition) is 4. The second-order valence-electron chi connectivity index (χ2n) is 8.21. The van der Waals surface area contributed by atoms with Crippen LogP contribution in [-0.2, 0) is 4.74 Å². The van der Waals surface area contributed by atoms with E-state index in [-0.39, 0.29) is 6.04 Å². The Hall–Kier alpha value is -1.59. The van der Waals surface area contributed by atoms with E-state index in [0.29, 0.717) is 25.0 Å². The van der Waals surface area contributed by atoms with Crippen LogP contribution in [0.15, 0.2) is 36.5 Å². The predicted octanol–water partition coefficient (Wildman–Crippen LogP) is 4.60. The van der Waals surface area contributed by atoms with Gasteiger partial charge in [-0.3, -0.25) is 0 Å². The summed E-state index contributed by atoms with van der Waals surface area (Å²) in [6.07, 6.45) is 3.73. The minimum absolute atomic E-state index is 0.341. The number of rotatable bonds is 6. The standard InChI is InChI=1S/C20H33NO4.C2H6/c1-8-14(13-20(6,7)24)15(9-2)17(22)16-11-10-12-21(16)18(23)25-19(3,4)5;1-2/h8-9,16-17,22,24H,1-2,10-13H2,3-7H3;1-2H3/b15-14-;. The Balaban J connectivity index is 0.00000326. The smallest absolute Gasteiger partial charge is 0.410 e. The molecule has 0 bridgehead atoms. The van der Waals surface area contributed by atoms with Crippen molar-refractivity contribution in [3.05, 3.63) is 36.5 Å². The molecular weight excluding hydrogens is 342 g/mol. The third-order valence-electron chi connectivity index (χ3n) is 4.07. The summed E-state index contributed by atoms with van der Waals surface area (Å²) in [5.41, 5.74) is -0.194. The molecule has 2 atom stereocenters. The van der Waals surface area contributed by atoms with Gasteiger partial charge in [0.15, 0.2) is 0 Å². The molecule has 0 spiro atoms. The van der Waals surface area contributed by atoms with Gasteiger partial charge in [-0.25, -0.2) is 4.79 Å². The molecule has 2 N–H and O–H groups in total. The van der Waals surface area contributed by atoms with Crippen LogP contribution in [0.1, 0.15) is 67.7 Å². The van der Waals surface area contributed by atoms with E-state index in [1.54, 1.807) is 30.9 Å². The maximum absolute atomic E-state index is 12.4. The summed E-state index contributed by atoms with van der Waals surface area (Å²) in [5.74, 6) is 0. The van der Waals surface area contributed by atoms with Crippen molar-refractivity contribution < 1.29 is 19.7 Å². The topological polar surface area (TPSA) is 70.0 Å². The van der Waals surface area contributed by atoms with Gasteiger partial charge in [-0.15, -0.1) is 0 Å². The Morgan fingerprint density at radius 1 is 1.22 bits per heavy atom. The number of ether oxygens (including phenoxy) is 1. The van der Waals surface area contributed by atoms with Crippen molar-refractivity contribution in [2.75, 3.05) is 6.54 Å². The van der Waals surface area contributed by atoms with Crippen LogP contribution in [-0.4, -0.2) is 51.1 Å². The highest BCUT2D eigenvalue weighted by Gasteiger charge is 2.38. The van der Waals surface area contributed by atoms with Crippen LogP contribution in [0.3, 0.4) is 0 Å². The van der Waals surface area contributed by atoms with Crippen molar-refractivity contribution in [1.29, 1.82) is 0 Å². The Kier molecular flexibility index (Phi) is 10.0. The second kappa shape index (κ2) is 10.7. The lowest BCUT2D eigenvalue weighted by Crippen LogP contribution is -2.45. The molecule has 1 fully saturated rings. The number of allylic oxidation sites excluding steroid dienone is 1. The van der Waals surface area contributed by atoms with Crippen molar-refractivity contribution in [3.63, 3.8) is 0 Å². The average Bonchev–Trinajstić information content (AvgIpc) is 3.03. The maximum atomic E-state index is 12.4. The number of hydrogen-bond donors (Lipinski definition) is 2. The van der Waals surface area contributed by atoms with E-state index in [4.69, 9.17) is 4.74 Å². The zero-order valence-corrected chi connectivity index (χ0v) is 18.2. The van der Waals surface area contributed by atoms with Crippen molar-refractivity contribution in [1.82, 2.24) is 4.90 Å². The van der Waals surface area contributed by atoms with Crippen molar-refractivity contribution >= 4 is 6.09 Å². The molecule has 1 aliphatic heterocycles. The molecular formula is C22H39NO4. The number of likely N-dealkylation sites (tertiary alicyclic amines) is 1. The fourth-order valence-corrected chi connectivity index (χ4v) is 3.08. The minimum atomic E-state index is -0.933. The summed E-state index contributed by atoms with van der Waals surface area (Å²) in [6.45, 7) is 21.0. The van der Waals surface area contributed by atoms with Crippen LogP contribution < -0.4 is 0 Å². The van der Waals surface area contributed by atoms with E-state index in [0.717, 1.165) is 12.0 Å². The lowest BCUT2D eigenvalue weighted by molar-refractivity contribution is 0.0103. The summed E-state index contributed by atoms with van der Waals surface area (Å²) in [7, 11) is 0. The van der Waals surface area contributed by atoms with Gasteiger partial charge in [-0.1, -0.05) is 39.2 Å². The Labute approximate surface area is 165 Å². The third kappa shape index (κ3) is 8.31. The number of aliphatic hydroxyl groups is 2. The molecule has 0 aromatic rings. The molecule has 1 aliphatic rings. The molecule has 5 heteroatoms. The first-order valence-corrected chi connectivity index (χ1v) is 9.77. The highest BCUT2D eigenvalue weighted by atomic mass is 16.6. The summed E-state index contributed by atoms with van der Waals surface area (Å²) < 4.78 is 5.46. The van der Waals surface area contributed by atoms with E-state index in [2.05, 4.69) is 13.2 Å². The van der Waals surface area contributed by atoms with Gasteiger partial charge in [0, 0.05) is 13.0 Å². The van der Waals surface area contributed by atoms with Gasteiger partial charge in [0.25, 0.3) is 0 Å². The maximum Gasteiger partial charge on any atom is 0.410 e. The van der Waals surface area contributed by atoms with Crippen LogP contribution in [0.2, 0.25) is 0 Å². The normalized spacial score (nSPS) is 19.4. The summed E-state index contributed by atoms with van der Waals surface area (Å²) in [4.78, 5) is 14.0. The van der Waals surface area contributed by atoms with Crippen molar-refractivity contribution in [2.45, 2.75) is 91.1 Å². The molecule has 1 rings (SSSR count). The molecule has 0 radical (unpaired) electrons. The quantitative estimate of drug-likeness (QED) is 0.660. The van der Waals surface area contributed by atoms with Gasteiger partial charge in [-0.05, 0) is 58.6 Å². The lowest BCUT2D eigenvalue weighted by Gasteiger charge is -2.32. The van der Waals surface area contributed by atoms with Gasteiger partial charge in [-0.2, -0.15) is 0 Å². The highest BCUT2D eigenvalue weighted by molar-refractivity contribution is 5.69. The molecule has 1 heterocycles. The minimum Gasteiger partial charge on any atom is -0.444 e. The van der Waals surface area contributed by atoms with E-state index in [1.165, 1.54) is 0 Å². The number of amides is 1. The number of nitrogens with zero attached hydrogens (tertiary/aromatic N) is 1. The average molecular weight is 382 g/mol. The van der Waals surface area contributed by atoms with Crippen LogP contribution >= 0.6 is 0 Å². The van der Waals surface area contributed by atoms with Gasteiger partial charge in [0.05, 0.1) is 17.7 Å². The lowest BCUT2D eigenvalue weighted by atomic mass is 9.89. The van der Waals surface area contributed by atoms with Crippen molar-refractivity contribution in [2.24, 2.45) is 0 Å². The summed E-state index contributed by atoms with van der Waals surface area (Å²) >= 11 is 0. The van der Waals surface area contributed by atoms with Crippen LogP contribution in [0.4, 0.5) is 4.79 Å². The van der Waals surface area contributed by atoms with Crippen molar-refractivity contribution in [3.8, 4) is 0 Å². The number of carbonyl (C=O) groups is 1. The molecule has 0 saturated carbocycles. The molecule has 5 nitrogen and oxygen atoms in total. The Morgan fingerprint density at radius 2 is 1.78 bits per heavy atom. The molecule has 1 amide bonds. The van der Waals surface area contributed by atoms with E-state index in [9.17, 15) is 15.0 Å². The summed E-state index contributed by atoms with van der Waals surface area (Å²) in [5, 5.41) is 21.0. The van der Waals surface area contributed by atoms with Gasteiger partial charge in [0.2, 0.25) is 0 Å². The Bertz CT molecular complexity index is 537. The number of aliphatic hydroxyl groups excluding tert-OH is 1. The Morgan fingerprint density at radius 3 is 2.19 bits per heavy atom. The second-order valence-corrected chi connectivity index (χ2v) is 8.21. The molecule has 1 saturated heterocycles. The van der Waals surface area contributed by atoms with E-state index >= 15 is 0 Å². The van der Waals surface area contributed by atoms with E-state index in [1.807, 2.05) is 34.6 Å². The monoisotopic (exact) mass is 381 g/mol. The SMILES string of the molecule is C=C/C(CC(C)(C)O)=C(\C=C)C(O)C1CCCN1C(=O)OC(C)(C)C.CC. The third-order valence-corrected chi connectivity index (χ3v) is 4.07. The fraction of sp³-hybridized carbons (Fsp3) is 0.682. The highest BCUT2D eigenvalue weighted by Crippen LogP contribution is 2.30. The molecule has 27 heavy (non-hydrogen) atoms. The van der Waals surface area contributed by atoms with Gasteiger partial charge in [0.1, 0.15) is 5.60 Å². The first kappa shape index (κ1) is 25.4. The summed E-state index contributed by atoms with van der Waals surface area (Å²) in [6, 6.07) is -0.375. The van der Waals surface area contributed by atoms with Gasteiger partial charge >= 0.3 is 6.09 Å². The molecule has 2 unspecified atom stereocenters. The van der Waals surface area contributed by atoms with Crippen LogP contribution in [0, 0.1) is 0 Å². The van der Waals surface area contributed by atoms with Crippen LogP contribution in [0.25, 0.3) is 0 Å².